The van der Waals surface area contributed by atoms with Gasteiger partial charge in [0.1, 0.15) is 5.75 Å². The van der Waals surface area contributed by atoms with E-state index >= 15 is 0 Å². The van der Waals surface area contributed by atoms with Gasteiger partial charge in [0, 0.05) is 22.1 Å². The summed E-state index contributed by atoms with van der Waals surface area (Å²) in [7, 11) is 0. The van der Waals surface area contributed by atoms with Crippen LogP contribution < -0.4 is 10.1 Å². The summed E-state index contributed by atoms with van der Waals surface area (Å²) in [5.74, 6) is 0.863. The van der Waals surface area contributed by atoms with Crippen LogP contribution in [0.1, 0.15) is 39.2 Å². The third-order valence-corrected chi connectivity index (χ3v) is 4.73. The molecule has 0 atom stereocenters. The topological polar surface area (TPSA) is 41.5 Å². The molecule has 0 saturated heterocycles. The average Bonchev–Trinajstić information content (AvgIpc) is 2.44. The number of hydrogen-bond acceptors (Lipinski definition) is 3. The molecule has 5 heteroatoms. The van der Waals surface area contributed by atoms with E-state index in [-0.39, 0.29) is 12.1 Å². The van der Waals surface area contributed by atoms with Crippen molar-refractivity contribution in [2.45, 2.75) is 45.7 Å². The highest BCUT2D eigenvalue weighted by Crippen LogP contribution is 2.33. The van der Waals surface area contributed by atoms with Crippen molar-refractivity contribution in [3.05, 3.63) is 26.6 Å². The van der Waals surface area contributed by atoms with Gasteiger partial charge in [-0.15, -0.1) is 0 Å². The summed E-state index contributed by atoms with van der Waals surface area (Å²) in [6, 6.07) is 4.03. The van der Waals surface area contributed by atoms with Crippen LogP contribution >= 0.6 is 31.9 Å². The number of rotatable bonds is 8. The van der Waals surface area contributed by atoms with E-state index in [0.29, 0.717) is 13.2 Å². The first kappa shape index (κ1) is 18.0. The van der Waals surface area contributed by atoms with Crippen molar-refractivity contribution < 1.29 is 9.84 Å². The van der Waals surface area contributed by atoms with Gasteiger partial charge in [-0.3, -0.25) is 0 Å². The largest absolute Gasteiger partial charge is 0.492 e. The molecule has 0 aromatic heterocycles. The van der Waals surface area contributed by atoms with E-state index in [4.69, 9.17) is 4.74 Å². The van der Waals surface area contributed by atoms with Gasteiger partial charge in [0.05, 0.1) is 17.7 Å². The Kier molecular flexibility index (Phi) is 7.51. The van der Waals surface area contributed by atoms with Crippen LogP contribution in [0.3, 0.4) is 0 Å². The highest BCUT2D eigenvalue weighted by molar-refractivity contribution is 9.11. The first-order valence-electron chi connectivity index (χ1n) is 6.98. The van der Waals surface area contributed by atoms with Crippen LogP contribution in [0.2, 0.25) is 0 Å². The molecule has 0 amide bonds. The van der Waals surface area contributed by atoms with Crippen LogP contribution in [0, 0.1) is 0 Å². The molecule has 1 rings (SSSR count). The zero-order valence-corrected chi connectivity index (χ0v) is 15.5. The molecular formula is C15H23Br2NO2. The molecule has 20 heavy (non-hydrogen) atoms. The molecule has 0 bridgehead atoms. The molecule has 1 aromatic rings. The molecule has 0 radical (unpaired) electrons. The third-order valence-electron chi connectivity index (χ3n) is 3.68. The minimum atomic E-state index is -0.224. The fourth-order valence-electron chi connectivity index (χ4n) is 2.11. The van der Waals surface area contributed by atoms with E-state index in [1.54, 1.807) is 0 Å². The van der Waals surface area contributed by atoms with Gasteiger partial charge in [0.15, 0.2) is 0 Å². The highest BCUT2D eigenvalue weighted by atomic mass is 79.9. The second kappa shape index (κ2) is 8.37. The standard InChI is InChI=1S/C15H23Br2NO2/c1-4-15(5-2,10-19)18-9-11-7-12(16)8-13(17)14(11)20-6-3/h7-8,18-19H,4-6,9-10H2,1-3H3. The van der Waals surface area contributed by atoms with Crippen LogP contribution in [0.15, 0.2) is 21.1 Å². The maximum absolute atomic E-state index is 9.62. The monoisotopic (exact) mass is 407 g/mol. The Hall–Kier alpha value is -0.100. The summed E-state index contributed by atoms with van der Waals surface area (Å²) < 4.78 is 7.66. The summed E-state index contributed by atoms with van der Waals surface area (Å²) >= 11 is 7.05. The zero-order chi connectivity index (χ0) is 15.2. The van der Waals surface area contributed by atoms with E-state index in [9.17, 15) is 5.11 Å². The summed E-state index contributed by atoms with van der Waals surface area (Å²) in [5, 5.41) is 13.1. The normalized spacial score (nSPS) is 11.7. The number of halogens is 2. The first-order chi connectivity index (χ1) is 9.51. The summed E-state index contributed by atoms with van der Waals surface area (Å²) in [4.78, 5) is 0. The lowest BCUT2D eigenvalue weighted by molar-refractivity contribution is 0.149. The fourth-order valence-corrected chi connectivity index (χ4v) is 3.54. The molecule has 0 spiro atoms. The SMILES string of the molecule is CCOc1c(Br)cc(Br)cc1CNC(CC)(CC)CO. The van der Waals surface area contributed by atoms with Gasteiger partial charge in [-0.2, -0.15) is 0 Å². The molecule has 1 aromatic carbocycles. The molecular weight excluding hydrogens is 386 g/mol. The molecule has 0 fully saturated rings. The Balaban J connectivity index is 2.96. The van der Waals surface area contributed by atoms with Crippen molar-refractivity contribution >= 4 is 31.9 Å². The minimum absolute atomic E-state index is 0.138. The predicted molar refractivity (Wildman–Crippen MR) is 90.2 cm³/mol. The number of benzene rings is 1. The van der Waals surface area contributed by atoms with E-state index in [0.717, 1.165) is 33.1 Å². The number of hydrogen-bond donors (Lipinski definition) is 2. The Morgan fingerprint density at radius 3 is 2.35 bits per heavy atom. The first-order valence-corrected chi connectivity index (χ1v) is 8.57. The summed E-state index contributed by atoms with van der Waals surface area (Å²) in [6.07, 6.45) is 1.78. The Bertz CT molecular complexity index is 426. The van der Waals surface area contributed by atoms with E-state index in [1.807, 2.05) is 13.0 Å². The van der Waals surface area contributed by atoms with Crippen molar-refractivity contribution in [3.63, 3.8) is 0 Å². The maximum atomic E-state index is 9.62. The lowest BCUT2D eigenvalue weighted by Crippen LogP contribution is -2.47. The third kappa shape index (κ3) is 4.45. The summed E-state index contributed by atoms with van der Waals surface area (Å²) in [6.45, 7) is 7.58. The number of aliphatic hydroxyl groups excluding tert-OH is 1. The predicted octanol–water partition coefficient (Wildman–Crippen LogP) is 4.25. The van der Waals surface area contributed by atoms with Gasteiger partial charge in [-0.25, -0.2) is 0 Å². The molecule has 0 heterocycles. The van der Waals surface area contributed by atoms with Crippen molar-refractivity contribution in [2.75, 3.05) is 13.2 Å². The number of aliphatic hydroxyl groups is 1. The van der Waals surface area contributed by atoms with E-state index in [2.05, 4.69) is 57.1 Å². The van der Waals surface area contributed by atoms with Crippen LogP contribution in [0.25, 0.3) is 0 Å². The molecule has 114 valence electrons. The Labute approximate surface area is 138 Å². The fraction of sp³-hybridized carbons (Fsp3) is 0.600. The van der Waals surface area contributed by atoms with Crippen molar-refractivity contribution in [1.29, 1.82) is 0 Å². The lowest BCUT2D eigenvalue weighted by atomic mass is 9.93. The molecule has 0 saturated carbocycles. The summed E-state index contributed by atoms with van der Waals surface area (Å²) in [5.41, 5.74) is 0.853. The quantitative estimate of drug-likeness (QED) is 0.675. The van der Waals surface area contributed by atoms with Crippen LogP contribution in [-0.4, -0.2) is 23.9 Å². The highest BCUT2D eigenvalue weighted by Gasteiger charge is 2.25. The molecule has 0 aliphatic carbocycles. The lowest BCUT2D eigenvalue weighted by Gasteiger charge is -2.31. The van der Waals surface area contributed by atoms with Crippen molar-refractivity contribution in [3.8, 4) is 5.75 Å². The number of nitrogens with one attached hydrogen (secondary N) is 1. The zero-order valence-electron chi connectivity index (χ0n) is 12.3. The molecule has 0 aliphatic heterocycles. The number of ether oxygens (including phenoxy) is 1. The molecule has 0 unspecified atom stereocenters. The van der Waals surface area contributed by atoms with Gasteiger partial charge < -0.3 is 15.2 Å². The minimum Gasteiger partial charge on any atom is -0.492 e. The maximum Gasteiger partial charge on any atom is 0.138 e. The Morgan fingerprint density at radius 2 is 1.85 bits per heavy atom. The van der Waals surface area contributed by atoms with Crippen molar-refractivity contribution in [2.24, 2.45) is 0 Å². The smallest absolute Gasteiger partial charge is 0.138 e. The van der Waals surface area contributed by atoms with Crippen LogP contribution in [0.5, 0.6) is 5.75 Å². The van der Waals surface area contributed by atoms with Gasteiger partial charge in [-0.05, 0) is 47.8 Å². The van der Waals surface area contributed by atoms with E-state index < -0.39 is 0 Å². The average molecular weight is 409 g/mol. The van der Waals surface area contributed by atoms with Gasteiger partial charge in [0.25, 0.3) is 0 Å². The second-order valence-electron chi connectivity index (χ2n) is 4.81. The molecule has 0 aliphatic rings. The van der Waals surface area contributed by atoms with Crippen LogP contribution in [-0.2, 0) is 6.54 Å². The van der Waals surface area contributed by atoms with Gasteiger partial charge in [-0.1, -0.05) is 29.8 Å². The second-order valence-corrected chi connectivity index (χ2v) is 6.58. The Morgan fingerprint density at radius 1 is 1.20 bits per heavy atom. The molecule has 2 N–H and O–H groups in total. The van der Waals surface area contributed by atoms with Crippen molar-refractivity contribution in [1.82, 2.24) is 5.32 Å². The van der Waals surface area contributed by atoms with E-state index in [1.165, 1.54) is 0 Å². The van der Waals surface area contributed by atoms with Gasteiger partial charge >= 0.3 is 0 Å². The molecule has 3 nitrogen and oxygen atoms in total. The van der Waals surface area contributed by atoms with Gasteiger partial charge in [0.2, 0.25) is 0 Å². The van der Waals surface area contributed by atoms with Crippen LogP contribution in [0.4, 0.5) is 0 Å².